The van der Waals surface area contributed by atoms with Gasteiger partial charge in [0.15, 0.2) is 0 Å². The zero-order valence-electron chi connectivity index (χ0n) is 17.3. The Morgan fingerprint density at radius 3 is 2.70 bits per heavy atom. The van der Waals surface area contributed by atoms with E-state index in [1.165, 1.54) is 0 Å². The summed E-state index contributed by atoms with van der Waals surface area (Å²) in [5.41, 5.74) is 3.63. The first-order valence-corrected chi connectivity index (χ1v) is 9.45. The number of amides is 1. The van der Waals surface area contributed by atoms with E-state index >= 15 is 0 Å². The van der Waals surface area contributed by atoms with Gasteiger partial charge in [0.05, 0.1) is 29.7 Å². The molecule has 9 nitrogen and oxygen atoms in total. The largest absolute Gasteiger partial charge is 0.383 e. The maximum Gasteiger partial charge on any atom is 0.269 e. The van der Waals surface area contributed by atoms with Crippen LogP contribution in [0.4, 0.5) is 0 Å². The molecule has 0 radical (unpaired) electrons. The summed E-state index contributed by atoms with van der Waals surface area (Å²) < 4.78 is 12.2. The quantitative estimate of drug-likeness (QED) is 0.485. The number of aromatic nitrogens is 5. The highest BCUT2D eigenvalue weighted by molar-refractivity contribution is 5.99. The summed E-state index contributed by atoms with van der Waals surface area (Å²) in [6.45, 7) is 2.79. The molecule has 0 fully saturated rings. The predicted octanol–water partition coefficient (Wildman–Crippen LogP) is 2.80. The van der Waals surface area contributed by atoms with Gasteiger partial charge >= 0.3 is 0 Å². The van der Waals surface area contributed by atoms with Crippen LogP contribution in [0, 0.1) is 6.92 Å². The molecule has 4 heterocycles. The Morgan fingerprint density at radius 1 is 1.20 bits per heavy atom. The average molecular weight is 406 g/mol. The van der Waals surface area contributed by atoms with Crippen LogP contribution in [-0.4, -0.2) is 63.3 Å². The van der Waals surface area contributed by atoms with Gasteiger partial charge in [-0.25, -0.2) is 0 Å². The third-order valence-electron chi connectivity index (χ3n) is 4.74. The molecule has 4 rings (SSSR count). The lowest BCUT2D eigenvalue weighted by Crippen LogP contribution is -2.25. The van der Waals surface area contributed by atoms with Gasteiger partial charge in [-0.05, 0) is 24.3 Å². The molecule has 0 unspecified atom stereocenters. The summed E-state index contributed by atoms with van der Waals surface area (Å²) in [6.07, 6.45) is 3.45. The molecule has 0 spiro atoms. The topological polar surface area (TPSA) is 99.2 Å². The van der Waals surface area contributed by atoms with Gasteiger partial charge in [0.1, 0.15) is 5.69 Å². The van der Waals surface area contributed by atoms with Crippen LogP contribution < -0.4 is 0 Å². The fraction of sp³-hybridized carbons (Fsp3) is 0.286. The first kappa shape index (κ1) is 19.7. The first-order valence-electron chi connectivity index (χ1n) is 9.45. The van der Waals surface area contributed by atoms with Crippen molar-refractivity contribution < 1.29 is 14.1 Å². The van der Waals surface area contributed by atoms with Crippen molar-refractivity contribution in [3.8, 4) is 22.8 Å². The Balaban J connectivity index is 1.77. The second kappa shape index (κ2) is 8.03. The minimum Gasteiger partial charge on any atom is -0.383 e. The SMILES string of the molecule is COCCn1c(C(=O)N(C)C)cc2cc(-c3cc(-c4noc(C)n4)ccn3)ncc21. The van der Waals surface area contributed by atoms with Crippen molar-refractivity contribution in [1.29, 1.82) is 0 Å². The minimum absolute atomic E-state index is 0.0727. The van der Waals surface area contributed by atoms with E-state index < -0.39 is 0 Å². The number of ether oxygens (including phenoxy) is 1. The van der Waals surface area contributed by atoms with E-state index in [4.69, 9.17) is 9.26 Å². The Labute approximate surface area is 173 Å². The highest BCUT2D eigenvalue weighted by Crippen LogP contribution is 2.26. The fourth-order valence-corrected chi connectivity index (χ4v) is 3.26. The summed E-state index contributed by atoms with van der Waals surface area (Å²) in [7, 11) is 5.11. The Morgan fingerprint density at radius 2 is 2.00 bits per heavy atom. The van der Waals surface area contributed by atoms with Crippen LogP contribution in [-0.2, 0) is 11.3 Å². The molecule has 154 valence electrons. The van der Waals surface area contributed by atoms with Crippen LogP contribution in [0.5, 0.6) is 0 Å². The molecule has 30 heavy (non-hydrogen) atoms. The Kier molecular flexibility index (Phi) is 5.28. The average Bonchev–Trinajstić information content (AvgIpc) is 3.34. The van der Waals surface area contributed by atoms with E-state index in [1.54, 1.807) is 45.4 Å². The maximum atomic E-state index is 12.7. The molecule has 0 saturated carbocycles. The second-order valence-corrected chi connectivity index (χ2v) is 7.07. The lowest BCUT2D eigenvalue weighted by atomic mass is 10.1. The van der Waals surface area contributed by atoms with Crippen LogP contribution in [0.25, 0.3) is 33.7 Å². The number of fused-ring (bicyclic) bond motifs is 1. The van der Waals surface area contributed by atoms with Gasteiger partial charge in [-0.15, -0.1) is 0 Å². The normalized spacial score (nSPS) is 11.2. The monoisotopic (exact) mass is 406 g/mol. The van der Waals surface area contributed by atoms with E-state index in [0.717, 1.165) is 16.5 Å². The van der Waals surface area contributed by atoms with E-state index in [2.05, 4.69) is 20.1 Å². The lowest BCUT2D eigenvalue weighted by molar-refractivity contribution is 0.0815. The number of rotatable bonds is 6. The fourth-order valence-electron chi connectivity index (χ4n) is 3.26. The number of pyridine rings is 2. The van der Waals surface area contributed by atoms with Gasteiger partial charge in [-0.3, -0.25) is 14.8 Å². The number of methoxy groups -OCH3 is 1. The third kappa shape index (κ3) is 3.67. The van der Waals surface area contributed by atoms with E-state index in [0.29, 0.717) is 41.9 Å². The van der Waals surface area contributed by atoms with Crippen LogP contribution in [0.3, 0.4) is 0 Å². The molecule has 4 aromatic heterocycles. The van der Waals surface area contributed by atoms with Gasteiger partial charge < -0.3 is 18.7 Å². The summed E-state index contributed by atoms with van der Waals surface area (Å²) in [6, 6.07) is 7.50. The summed E-state index contributed by atoms with van der Waals surface area (Å²) in [4.78, 5) is 27.5. The highest BCUT2D eigenvalue weighted by Gasteiger charge is 2.18. The third-order valence-corrected chi connectivity index (χ3v) is 4.74. The molecule has 0 aliphatic heterocycles. The molecule has 0 aliphatic carbocycles. The van der Waals surface area contributed by atoms with Crippen LogP contribution >= 0.6 is 0 Å². The molecule has 9 heteroatoms. The Hall–Kier alpha value is -3.59. The molecular formula is C21H22N6O3. The molecule has 0 N–H and O–H groups in total. The molecule has 0 aromatic carbocycles. The smallest absolute Gasteiger partial charge is 0.269 e. The van der Waals surface area contributed by atoms with Gasteiger partial charge in [0, 0.05) is 51.8 Å². The number of carbonyl (C=O) groups is 1. The Bertz CT molecular complexity index is 1210. The molecule has 4 aromatic rings. The zero-order valence-corrected chi connectivity index (χ0v) is 17.3. The van der Waals surface area contributed by atoms with Crippen molar-refractivity contribution in [2.75, 3.05) is 27.8 Å². The molecule has 0 atom stereocenters. The van der Waals surface area contributed by atoms with E-state index in [9.17, 15) is 4.79 Å². The van der Waals surface area contributed by atoms with Crippen LogP contribution in [0.1, 0.15) is 16.4 Å². The van der Waals surface area contributed by atoms with Crippen molar-refractivity contribution in [2.45, 2.75) is 13.5 Å². The minimum atomic E-state index is -0.0727. The molecular weight excluding hydrogens is 384 g/mol. The molecule has 0 bridgehead atoms. The number of nitrogens with zero attached hydrogens (tertiary/aromatic N) is 6. The zero-order chi connectivity index (χ0) is 21.3. The van der Waals surface area contributed by atoms with Crippen molar-refractivity contribution in [1.82, 2.24) is 29.6 Å². The van der Waals surface area contributed by atoms with Crippen molar-refractivity contribution >= 4 is 16.8 Å². The molecule has 0 saturated heterocycles. The van der Waals surface area contributed by atoms with Crippen LogP contribution in [0.15, 0.2) is 41.2 Å². The van der Waals surface area contributed by atoms with Gasteiger partial charge in [0.2, 0.25) is 11.7 Å². The van der Waals surface area contributed by atoms with Crippen molar-refractivity contribution in [2.24, 2.45) is 0 Å². The molecule has 0 aliphatic rings. The van der Waals surface area contributed by atoms with Gasteiger partial charge in [-0.2, -0.15) is 4.98 Å². The maximum absolute atomic E-state index is 12.7. The van der Waals surface area contributed by atoms with Crippen LogP contribution in [0.2, 0.25) is 0 Å². The highest BCUT2D eigenvalue weighted by atomic mass is 16.5. The number of hydrogen-bond donors (Lipinski definition) is 0. The summed E-state index contributed by atoms with van der Waals surface area (Å²) >= 11 is 0. The summed E-state index contributed by atoms with van der Waals surface area (Å²) in [5.74, 6) is 0.927. The number of carbonyl (C=O) groups excluding carboxylic acids is 1. The summed E-state index contributed by atoms with van der Waals surface area (Å²) in [5, 5.41) is 4.86. The van der Waals surface area contributed by atoms with Crippen molar-refractivity contribution in [3.63, 3.8) is 0 Å². The first-order chi connectivity index (χ1) is 14.5. The van der Waals surface area contributed by atoms with E-state index in [1.807, 2.05) is 28.8 Å². The standard InChI is InChI=1S/C21H22N6O3/c1-13-24-20(25-30-13)14-5-6-22-16(9-14)17-10-15-11-18(21(28)26(2)3)27(7-8-29-4)19(15)12-23-17/h5-6,9-12H,7-8H2,1-4H3. The predicted molar refractivity (Wildman–Crippen MR) is 111 cm³/mol. The second-order valence-electron chi connectivity index (χ2n) is 7.07. The molecule has 1 amide bonds. The van der Waals surface area contributed by atoms with Gasteiger partial charge in [0.25, 0.3) is 5.91 Å². The van der Waals surface area contributed by atoms with E-state index in [-0.39, 0.29) is 5.91 Å². The number of aryl methyl sites for hydroxylation is 1. The lowest BCUT2D eigenvalue weighted by Gasteiger charge is -2.13. The van der Waals surface area contributed by atoms with Gasteiger partial charge in [-0.1, -0.05) is 5.16 Å². The van der Waals surface area contributed by atoms with Crippen molar-refractivity contribution in [3.05, 3.63) is 48.2 Å². The number of hydrogen-bond acceptors (Lipinski definition) is 7.